The lowest BCUT2D eigenvalue weighted by molar-refractivity contribution is -0.122. The average Bonchev–Trinajstić information content (AvgIpc) is 2.90. The molecule has 206 valence electrons. The number of aromatic hydroxyl groups is 1. The molecule has 1 saturated heterocycles. The van der Waals surface area contributed by atoms with Gasteiger partial charge in [0, 0.05) is 5.69 Å². The van der Waals surface area contributed by atoms with Crippen LogP contribution in [0.15, 0.2) is 60.2 Å². The Kier molecular flexibility index (Phi) is 8.40. The molecule has 3 aromatic carbocycles. The normalized spacial score (nSPS) is 14.2. The maximum absolute atomic E-state index is 13.2. The Labute approximate surface area is 235 Å². The number of nitrogens with zero attached hydrogens (tertiary/aromatic N) is 1. The van der Waals surface area contributed by atoms with Gasteiger partial charge in [-0.25, -0.2) is 9.69 Å². The summed E-state index contributed by atoms with van der Waals surface area (Å²) in [5, 5.41) is 14.5. The molecule has 0 aliphatic carbocycles. The van der Waals surface area contributed by atoms with Crippen LogP contribution in [0.25, 0.3) is 6.08 Å². The fourth-order valence-electron chi connectivity index (χ4n) is 3.95. The number of aryl methyl sites for hydroxylation is 1. The first-order valence-corrected chi connectivity index (χ1v) is 12.6. The quantitative estimate of drug-likeness (QED) is 0.266. The van der Waals surface area contributed by atoms with Crippen LogP contribution in [0.1, 0.15) is 23.6 Å². The molecule has 0 spiro atoms. The van der Waals surface area contributed by atoms with Crippen molar-refractivity contribution in [2.45, 2.75) is 20.8 Å². The minimum atomic E-state index is -0.922. The van der Waals surface area contributed by atoms with E-state index in [-0.39, 0.29) is 46.7 Å². The Bertz CT molecular complexity index is 1530. The fraction of sp³-hybridized carbons (Fsp3) is 0.172. The van der Waals surface area contributed by atoms with Gasteiger partial charge in [0.15, 0.2) is 18.1 Å². The van der Waals surface area contributed by atoms with E-state index in [0.717, 1.165) is 16.0 Å². The predicted molar refractivity (Wildman–Crippen MR) is 150 cm³/mol. The van der Waals surface area contributed by atoms with Crippen molar-refractivity contribution in [2.24, 2.45) is 0 Å². The molecule has 10 nitrogen and oxygen atoms in total. The van der Waals surface area contributed by atoms with Crippen LogP contribution in [0, 0.1) is 13.8 Å². The zero-order valence-electron chi connectivity index (χ0n) is 21.9. The lowest BCUT2D eigenvalue weighted by Crippen LogP contribution is -2.54. The summed E-state index contributed by atoms with van der Waals surface area (Å²) in [5.74, 6) is -1.90. The summed E-state index contributed by atoms with van der Waals surface area (Å²) < 4.78 is 11.4. The summed E-state index contributed by atoms with van der Waals surface area (Å²) in [7, 11) is 0. The topological polar surface area (TPSA) is 134 Å². The lowest BCUT2D eigenvalue weighted by atomic mass is 10.1. The number of hydrogen-bond donors (Lipinski definition) is 3. The Morgan fingerprint density at radius 2 is 1.80 bits per heavy atom. The molecule has 0 saturated carbocycles. The molecule has 40 heavy (non-hydrogen) atoms. The number of carbonyl (C=O) groups is 4. The third-order valence-electron chi connectivity index (χ3n) is 6.08. The maximum Gasteiger partial charge on any atom is 0.335 e. The number of phenolic OH excluding ortho intramolecular Hbond substituents is 1. The number of ether oxygens (including phenoxy) is 2. The second-order valence-electron chi connectivity index (χ2n) is 8.82. The van der Waals surface area contributed by atoms with Gasteiger partial charge in [0.05, 0.1) is 17.3 Å². The van der Waals surface area contributed by atoms with Crippen molar-refractivity contribution in [3.8, 4) is 17.2 Å². The van der Waals surface area contributed by atoms with Crippen LogP contribution < -0.4 is 25.0 Å². The second kappa shape index (κ2) is 11.9. The number of amides is 5. The molecule has 0 atom stereocenters. The third-order valence-corrected chi connectivity index (χ3v) is 6.36. The largest absolute Gasteiger partial charge is 0.508 e. The molecule has 0 radical (unpaired) electrons. The highest BCUT2D eigenvalue weighted by atomic mass is 35.5. The highest BCUT2D eigenvalue weighted by Crippen LogP contribution is 2.38. The van der Waals surface area contributed by atoms with Crippen LogP contribution >= 0.6 is 11.6 Å². The van der Waals surface area contributed by atoms with Crippen LogP contribution in [0.3, 0.4) is 0 Å². The van der Waals surface area contributed by atoms with Gasteiger partial charge in [-0.2, -0.15) is 0 Å². The van der Waals surface area contributed by atoms with Crippen molar-refractivity contribution in [1.82, 2.24) is 5.32 Å². The Morgan fingerprint density at radius 3 is 2.50 bits per heavy atom. The van der Waals surface area contributed by atoms with E-state index in [1.165, 1.54) is 42.5 Å². The molecule has 0 unspecified atom stereocenters. The van der Waals surface area contributed by atoms with Crippen LogP contribution in [0.5, 0.6) is 17.2 Å². The van der Waals surface area contributed by atoms with Crippen LogP contribution in [0.4, 0.5) is 16.2 Å². The molecule has 1 fully saturated rings. The zero-order valence-corrected chi connectivity index (χ0v) is 22.7. The smallest absolute Gasteiger partial charge is 0.335 e. The molecule has 11 heteroatoms. The van der Waals surface area contributed by atoms with Gasteiger partial charge in [-0.15, -0.1) is 0 Å². The minimum absolute atomic E-state index is 0.0522. The van der Waals surface area contributed by atoms with Gasteiger partial charge in [-0.1, -0.05) is 23.7 Å². The van der Waals surface area contributed by atoms with E-state index >= 15 is 0 Å². The van der Waals surface area contributed by atoms with E-state index in [1.807, 2.05) is 26.0 Å². The summed E-state index contributed by atoms with van der Waals surface area (Å²) in [6.45, 7) is 5.48. The summed E-state index contributed by atoms with van der Waals surface area (Å²) in [6, 6.07) is 13.0. The standard InChI is InChI=1S/C29H26ClN3O7/c1-4-39-24-14-18(12-21-27(36)32-29(38)33(28(21)37)19-8-10-20(34)11-9-19)13-22(30)26(24)40-15-25(35)31-23-7-5-6-16(2)17(23)3/h5-14,34H,4,15H2,1-3H3,(H,31,35)(H,32,36,38)/b21-12-. The monoisotopic (exact) mass is 563 g/mol. The number of imide groups is 2. The van der Waals surface area contributed by atoms with Crippen molar-refractivity contribution >= 4 is 52.8 Å². The van der Waals surface area contributed by atoms with E-state index in [4.69, 9.17) is 21.1 Å². The van der Waals surface area contributed by atoms with E-state index < -0.39 is 23.8 Å². The van der Waals surface area contributed by atoms with Crippen molar-refractivity contribution < 1.29 is 33.8 Å². The summed E-state index contributed by atoms with van der Waals surface area (Å²) >= 11 is 6.47. The van der Waals surface area contributed by atoms with Crippen LogP contribution in [-0.4, -0.2) is 42.1 Å². The van der Waals surface area contributed by atoms with E-state index in [2.05, 4.69) is 10.6 Å². The molecule has 4 rings (SSSR count). The van der Waals surface area contributed by atoms with Gasteiger partial charge in [-0.05, 0) is 86.0 Å². The summed E-state index contributed by atoms with van der Waals surface area (Å²) in [6.07, 6.45) is 1.27. The molecule has 3 aromatic rings. The number of phenols is 1. The molecule has 1 aliphatic heterocycles. The summed E-state index contributed by atoms with van der Waals surface area (Å²) in [4.78, 5) is 51.5. The number of rotatable bonds is 8. The Hall–Kier alpha value is -4.83. The number of halogens is 1. The highest BCUT2D eigenvalue weighted by Gasteiger charge is 2.37. The zero-order chi connectivity index (χ0) is 29.0. The first-order chi connectivity index (χ1) is 19.1. The average molecular weight is 564 g/mol. The predicted octanol–water partition coefficient (Wildman–Crippen LogP) is 4.75. The molecule has 0 bridgehead atoms. The van der Waals surface area contributed by atoms with Gasteiger partial charge >= 0.3 is 6.03 Å². The number of anilines is 2. The first-order valence-electron chi connectivity index (χ1n) is 12.2. The molecule has 1 heterocycles. The van der Waals surface area contributed by atoms with Gasteiger partial charge in [0.2, 0.25) is 0 Å². The highest BCUT2D eigenvalue weighted by molar-refractivity contribution is 6.39. The number of carbonyl (C=O) groups excluding carboxylic acids is 4. The van der Waals surface area contributed by atoms with Gasteiger partial charge in [-0.3, -0.25) is 19.7 Å². The molecule has 5 amide bonds. The number of benzene rings is 3. The van der Waals surface area contributed by atoms with Gasteiger partial charge in [0.1, 0.15) is 11.3 Å². The lowest BCUT2D eigenvalue weighted by Gasteiger charge is -2.26. The SMILES string of the molecule is CCOc1cc(/C=C2/C(=O)NC(=O)N(c3ccc(O)cc3)C2=O)cc(Cl)c1OCC(=O)Nc1cccc(C)c1C. The van der Waals surface area contributed by atoms with Crippen LogP contribution in [-0.2, 0) is 14.4 Å². The van der Waals surface area contributed by atoms with Gasteiger partial charge in [0.25, 0.3) is 17.7 Å². The molecular weight excluding hydrogens is 538 g/mol. The number of hydrogen-bond acceptors (Lipinski definition) is 7. The molecule has 3 N–H and O–H groups in total. The van der Waals surface area contributed by atoms with E-state index in [9.17, 15) is 24.3 Å². The Balaban J connectivity index is 1.58. The number of urea groups is 1. The molecule has 0 aromatic heterocycles. The molecular formula is C29H26ClN3O7. The van der Waals surface area contributed by atoms with Crippen LogP contribution in [0.2, 0.25) is 5.02 Å². The number of nitrogens with one attached hydrogen (secondary N) is 2. The maximum atomic E-state index is 13.2. The number of barbiturate groups is 1. The van der Waals surface area contributed by atoms with Crippen molar-refractivity contribution in [1.29, 1.82) is 0 Å². The fourth-order valence-corrected chi connectivity index (χ4v) is 4.22. The van der Waals surface area contributed by atoms with Crippen molar-refractivity contribution in [3.63, 3.8) is 0 Å². The Morgan fingerprint density at radius 1 is 1.07 bits per heavy atom. The van der Waals surface area contributed by atoms with Gasteiger partial charge < -0.3 is 19.9 Å². The van der Waals surface area contributed by atoms with Crippen molar-refractivity contribution in [3.05, 3.63) is 81.9 Å². The second-order valence-corrected chi connectivity index (χ2v) is 9.23. The van der Waals surface area contributed by atoms with E-state index in [1.54, 1.807) is 13.0 Å². The van der Waals surface area contributed by atoms with Crippen molar-refractivity contribution in [2.75, 3.05) is 23.4 Å². The third kappa shape index (κ3) is 6.08. The first kappa shape index (κ1) is 28.2. The summed E-state index contributed by atoms with van der Waals surface area (Å²) in [5.41, 5.74) is 2.79. The minimum Gasteiger partial charge on any atom is -0.508 e. The molecule has 1 aliphatic rings. The van der Waals surface area contributed by atoms with E-state index in [0.29, 0.717) is 11.3 Å².